The van der Waals surface area contributed by atoms with E-state index in [0.717, 1.165) is 15.1 Å². The third-order valence-corrected chi connectivity index (χ3v) is 4.22. The molecule has 2 rings (SSSR count). The SMILES string of the molecule is Cc1nsc(NC(=O)c2ccc(I)c(Cl)c2)n1. The highest BCUT2D eigenvalue weighted by molar-refractivity contribution is 14.1. The van der Waals surface area contributed by atoms with Gasteiger partial charge in [-0.2, -0.15) is 4.37 Å². The zero-order valence-corrected chi connectivity index (χ0v) is 12.4. The first-order valence-corrected chi connectivity index (χ1v) is 6.86. The molecule has 0 bridgehead atoms. The average Bonchev–Trinajstić information content (AvgIpc) is 2.68. The topological polar surface area (TPSA) is 54.9 Å². The zero-order valence-electron chi connectivity index (χ0n) is 8.70. The fourth-order valence-electron chi connectivity index (χ4n) is 1.15. The van der Waals surface area contributed by atoms with E-state index >= 15 is 0 Å². The molecule has 4 nitrogen and oxygen atoms in total. The van der Waals surface area contributed by atoms with Crippen molar-refractivity contribution in [2.24, 2.45) is 0 Å². The second-order valence-corrected chi connectivity index (χ2v) is 5.55. The predicted octanol–water partition coefficient (Wildman–Crippen LogP) is 3.36. The number of anilines is 1. The van der Waals surface area contributed by atoms with E-state index in [9.17, 15) is 4.79 Å². The van der Waals surface area contributed by atoms with Crippen LogP contribution >= 0.6 is 45.7 Å². The number of hydrogen-bond donors (Lipinski definition) is 1. The van der Waals surface area contributed by atoms with Crippen molar-refractivity contribution < 1.29 is 4.79 Å². The summed E-state index contributed by atoms with van der Waals surface area (Å²) in [6.07, 6.45) is 0. The van der Waals surface area contributed by atoms with Gasteiger partial charge < -0.3 is 0 Å². The zero-order chi connectivity index (χ0) is 12.4. The largest absolute Gasteiger partial charge is 0.297 e. The molecule has 1 heterocycles. The van der Waals surface area contributed by atoms with Gasteiger partial charge in [-0.15, -0.1) is 0 Å². The van der Waals surface area contributed by atoms with Gasteiger partial charge in [0.25, 0.3) is 5.91 Å². The first kappa shape index (κ1) is 12.7. The second-order valence-electron chi connectivity index (χ2n) is 3.23. The van der Waals surface area contributed by atoms with Crippen molar-refractivity contribution in [2.75, 3.05) is 5.32 Å². The number of amides is 1. The predicted molar refractivity (Wildman–Crippen MR) is 76.8 cm³/mol. The van der Waals surface area contributed by atoms with E-state index in [1.54, 1.807) is 25.1 Å². The molecule has 2 aromatic rings. The van der Waals surface area contributed by atoms with Gasteiger partial charge in [0.15, 0.2) is 0 Å². The molecular weight excluding hydrogens is 373 g/mol. The highest BCUT2D eigenvalue weighted by atomic mass is 127. The van der Waals surface area contributed by atoms with Crippen LogP contribution in [-0.2, 0) is 0 Å². The van der Waals surface area contributed by atoms with Gasteiger partial charge in [-0.05, 0) is 47.7 Å². The van der Waals surface area contributed by atoms with Gasteiger partial charge >= 0.3 is 0 Å². The lowest BCUT2D eigenvalue weighted by Gasteiger charge is -2.02. The van der Waals surface area contributed by atoms with Crippen LogP contribution in [0.4, 0.5) is 5.13 Å². The Bertz CT molecular complexity index is 572. The minimum atomic E-state index is -0.237. The number of aromatic nitrogens is 2. The molecule has 1 N–H and O–H groups in total. The third-order valence-electron chi connectivity index (χ3n) is 1.93. The smallest absolute Gasteiger partial charge is 0.257 e. The van der Waals surface area contributed by atoms with Crippen molar-refractivity contribution >= 4 is 56.8 Å². The number of nitrogens with one attached hydrogen (secondary N) is 1. The Morgan fingerprint density at radius 3 is 2.88 bits per heavy atom. The normalized spacial score (nSPS) is 10.3. The molecule has 88 valence electrons. The molecule has 1 aromatic heterocycles. The minimum Gasteiger partial charge on any atom is -0.297 e. The van der Waals surface area contributed by atoms with Gasteiger partial charge in [0.05, 0.1) is 5.02 Å². The molecule has 7 heteroatoms. The molecule has 0 aliphatic heterocycles. The van der Waals surface area contributed by atoms with Crippen LogP contribution in [0.15, 0.2) is 18.2 Å². The summed E-state index contributed by atoms with van der Waals surface area (Å²) in [5, 5.41) is 3.72. The summed E-state index contributed by atoms with van der Waals surface area (Å²) in [5.41, 5.74) is 0.503. The molecule has 17 heavy (non-hydrogen) atoms. The van der Waals surface area contributed by atoms with Crippen molar-refractivity contribution in [3.8, 4) is 0 Å². The summed E-state index contributed by atoms with van der Waals surface area (Å²) in [6.45, 7) is 1.77. The first-order valence-electron chi connectivity index (χ1n) is 4.63. The fourth-order valence-corrected chi connectivity index (χ4v) is 2.24. The molecule has 0 saturated carbocycles. The molecule has 0 aliphatic rings. The molecule has 0 saturated heterocycles. The van der Waals surface area contributed by atoms with Crippen LogP contribution in [0.25, 0.3) is 0 Å². The van der Waals surface area contributed by atoms with Crippen molar-refractivity contribution in [3.05, 3.63) is 38.2 Å². The Kier molecular flexibility index (Phi) is 3.95. The molecule has 1 aromatic carbocycles. The quantitative estimate of drug-likeness (QED) is 0.814. The monoisotopic (exact) mass is 379 g/mol. The Morgan fingerprint density at radius 1 is 1.53 bits per heavy atom. The van der Waals surface area contributed by atoms with E-state index in [2.05, 4.69) is 37.3 Å². The summed E-state index contributed by atoms with van der Waals surface area (Å²) in [7, 11) is 0. The molecule has 0 fully saturated rings. The number of nitrogens with zero attached hydrogens (tertiary/aromatic N) is 2. The Labute approximate surface area is 121 Å². The molecule has 0 unspecified atom stereocenters. The average molecular weight is 380 g/mol. The van der Waals surface area contributed by atoms with Crippen LogP contribution < -0.4 is 5.32 Å². The molecular formula is C10H7ClIN3OS. The van der Waals surface area contributed by atoms with Crippen LogP contribution in [0, 0.1) is 10.5 Å². The minimum absolute atomic E-state index is 0.237. The highest BCUT2D eigenvalue weighted by Crippen LogP contribution is 2.20. The molecule has 0 spiro atoms. The van der Waals surface area contributed by atoms with E-state index in [4.69, 9.17) is 11.6 Å². The van der Waals surface area contributed by atoms with Gasteiger partial charge in [0.2, 0.25) is 5.13 Å². The van der Waals surface area contributed by atoms with Gasteiger partial charge in [-0.3, -0.25) is 10.1 Å². The van der Waals surface area contributed by atoms with Crippen molar-refractivity contribution in [2.45, 2.75) is 6.92 Å². The first-order chi connectivity index (χ1) is 8.06. The fraction of sp³-hybridized carbons (Fsp3) is 0.100. The van der Waals surface area contributed by atoms with Crippen molar-refractivity contribution in [1.82, 2.24) is 9.36 Å². The number of carbonyl (C=O) groups is 1. The number of aryl methyl sites for hydroxylation is 1. The molecule has 1 amide bonds. The third kappa shape index (κ3) is 3.14. The van der Waals surface area contributed by atoms with Crippen LogP contribution in [0.5, 0.6) is 0 Å². The number of halogens is 2. The van der Waals surface area contributed by atoms with Gasteiger partial charge in [0, 0.05) is 20.7 Å². The van der Waals surface area contributed by atoms with Gasteiger partial charge in [0.1, 0.15) is 5.82 Å². The summed E-state index contributed by atoms with van der Waals surface area (Å²) < 4.78 is 4.89. The molecule has 0 radical (unpaired) electrons. The summed E-state index contributed by atoms with van der Waals surface area (Å²) in [6, 6.07) is 5.15. The standard InChI is InChI=1S/C10H7ClIN3OS/c1-5-13-10(17-15-5)14-9(16)6-2-3-8(12)7(11)4-6/h2-4H,1H3,(H,13,14,15,16). The van der Waals surface area contributed by atoms with Crippen LogP contribution in [-0.4, -0.2) is 15.3 Å². The van der Waals surface area contributed by atoms with Gasteiger partial charge in [-0.1, -0.05) is 11.6 Å². The number of hydrogen-bond acceptors (Lipinski definition) is 4. The Hall–Kier alpha value is -0.730. The van der Waals surface area contributed by atoms with Crippen LogP contribution in [0.1, 0.15) is 16.2 Å². The Balaban J connectivity index is 2.17. The molecule has 0 aliphatic carbocycles. The number of benzene rings is 1. The molecule has 0 atom stereocenters. The van der Waals surface area contributed by atoms with Crippen LogP contribution in [0.2, 0.25) is 5.02 Å². The summed E-state index contributed by atoms with van der Waals surface area (Å²) >= 11 is 9.21. The lowest BCUT2D eigenvalue weighted by Crippen LogP contribution is -2.11. The lowest BCUT2D eigenvalue weighted by molar-refractivity contribution is 0.102. The highest BCUT2D eigenvalue weighted by Gasteiger charge is 2.10. The summed E-state index contributed by atoms with van der Waals surface area (Å²) in [4.78, 5) is 15.9. The van der Waals surface area contributed by atoms with E-state index in [1.807, 2.05) is 0 Å². The van der Waals surface area contributed by atoms with Gasteiger partial charge in [-0.25, -0.2) is 4.98 Å². The number of rotatable bonds is 2. The lowest BCUT2D eigenvalue weighted by atomic mass is 10.2. The number of carbonyl (C=O) groups excluding carboxylic acids is 1. The van der Waals surface area contributed by atoms with E-state index < -0.39 is 0 Å². The second kappa shape index (κ2) is 5.28. The maximum atomic E-state index is 11.9. The maximum Gasteiger partial charge on any atom is 0.257 e. The van der Waals surface area contributed by atoms with Crippen LogP contribution in [0.3, 0.4) is 0 Å². The van der Waals surface area contributed by atoms with Crippen molar-refractivity contribution in [1.29, 1.82) is 0 Å². The maximum absolute atomic E-state index is 11.9. The van der Waals surface area contributed by atoms with E-state index in [0.29, 0.717) is 21.5 Å². The van der Waals surface area contributed by atoms with E-state index in [-0.39, 0.29) is 5.91 Å². The Morgan fingerprint density at radius 2 is 2.29 bits per heavy atom. The van der Waals surface area contributed by atoms with Crippen molar-refractivity contribution in [3.63, 3.8) is 0 Å². The van der Waals surface area contributed by atoms with E-state index in [1.165, 1.54) is 0 Å². The summed E-state index contributed by atoms with van der Waals surface area (Å²) in [5.74, 6) is 0.408.